The van der Waals surface area contributed by atoms with Crippen molar-refractivity contribution in [1.29, 1.82) is 0 Å². The van der Waals surface area contributed by atoms with E-state index in [0.717, 1.165) is 22.4 Å². The van der Waals surface area contributed by atoms with Crippen molar-refractivity contribution in [3.63, 3.8) is 0 Å². The van der Waals surface area contributed by atoms with Crippen molar-refractivity contribution >= 4 is 34.4 Å². The number of aromatic nitrogens is 2. The van der Waals surface area contributed by atoms with E-state index in [2.05, 4.69) is 15.0 Å². The van der Waals surface area contributed by atoms with Gasteiger partial charge in [-0.05, 0) is 42.5 Å². The first-order chi connectivity index (χ1) is 9.26. The highest BCUT2D eigenvalue weighted by Crippen LogP contribution is 2.24. The monoisotopic (exact) mass is 269 g/mol. The molecule has 92 valence electrons. The number of H-pyrrole nitrogens is 1. The first-order valence-corrected chi connectivity index (χ1v) is 5.97. The Hall–Kier alpha value is -2.42. The van der Waals surface area contributed by atoms with Crippen LogP contribution < -0.4 is 0 Å². The van der Waals surface area contributed by atoms with Gasteiger partial charge in [0.25, 0.3) is 0 Å². The lowest BCUT2D eigenvalue weighted by molar-refractivity contribution is 0.565. The number of aliphatic imine (C=N–C) groups is 1. The van der Waals surface area contributed by atoms with Crippen LogP contribution in [0.3, 0.4) is 0 Å². The van der Waals surface area contributed by atoms with E-state index in [0.29, 0.717) is 10.7 Å². The number of aromatic amines is 1. The maximum atomic E-state index is 10.2. The predicted octanol–water partition coefficient (Wildman–Crippen LogP) is 3.85. The van der Waals surface area contributed by atoms with E-state index in [4.69, 9.17) is 11.6 Å². The number of nitrogens with one attached hydrogen (secondary N) is 1. The van der Waals surface area contributed by atoms with E-state index in [-0.39, 0.29) is 0 Å². The lowest BCUT2D eigenvalue weighted by atomic mass is 10.2. The predicted molar refractivity (Wildman–Crippen MR) is 74.3 cm³/mol. The lowest BCUT2D eigenvalue weighted by Gasteiger charge is -1.95. The van der Waals surface area contributed by atoms with Crippen LogP contribution in [-0.4, -0.2) is 16.0 Å². The SMILES string of the molecule is O=C=Nc1ccc2nc(-c3ccc(Cl)cc3)[nH]c2c1. The quantitative estimate of drug-likeness (QED) is 0.567. The van der Waals surface area contributed by atoms with Crippen molar-refractivity contribution in [2.24, 2.45) is 4.99 Å². The molecule has 0 aliphatic carbocycles. The molecule has 0 fully saturated rings. The molecule has 0 saturated carbocycles. The molecule has 1 N–H and O–H groups in total. The van der Waals surface area contributed by atoms with Crippen LogP contribution in [-0.2, 0) is 4.79 Å². The van der Waals surface area contributed by atoms with Gasteiger partial charge in [-0.2, -0.15) is 4.99 Å². The van der Waals surface area contributed by atoms with Gasteiger partial charge < -0.3 is 4.98 Å². The molecule has 4 nitrogen and oxygen atoms in total. The van der Waals surface area contributed by atoms with Crippen LogP contribution in [0.25, 0.3) is 22.4 Å². The lowest BCUT2D eigenvalue weighted by Crippen LogP contribution is -1.78. The zero-order valence-corrected chi connectivity index (χ0v) is 10.5. The number of fused-ring (bicyclic) bond motifs is 1. The molecule has 0 radical (unpaired) electrons. The van der Waals surface area contributed by atoms with Gasteiger partial charge in [-0.25, -0.2) is 9.78 Å². The summed E-state index contributed by atoms with van der Waals surface area (Å²) in [7, 11) is 0. The summed E-state index contributed by atoms with van der Waals surface area (Å²) in [6.45, 7) is 0. The minimum atomic E-state index is 0.550. The number of hydrogen-bond acceptors (Lipinski definition) is 3. The number of carbonyl (C=O) groups excluding carboxylic acids is 1. The second-order valence-electron chi connectivity index (χ2n) is 4.00. The summed E-state index contributed by atoms with van der Waals surface area (Å²) in [6.07, 6.45) is 1.52. The fraction of sp³-hybridized carbons (Fsp3) is 0. The van der Waals surface area contributed by atoms with Crippen LogP contribution >= 0.6 is 11.6 Å². The highest BCUT2D eigenvalue weighted by atomic mass is 35.5. The van der Waals surface area contributed by atoms with Crippen LogP contribution in [0.1, 0.15) is 0 Å². The van der Waals surface area contributed by atoms with Crippen LogP contribution in [0.2, 0.25) is 5.02 Å². The molecule has 0 aliphatic heterocycles. The van der Waals surface area contributed by atoms with Crippen LogP contribution in [0, 0.1) is 0 Å². The van der Waals surface area contributed by atoms with Gasteiger partial charge in [-0.15, -0.1) is 0 Å². The fourth-order valence-electron chi connectivity index (χ4n) is 1.86. The van der Waals surface area contributed by atoms with Crippen molar-refractivity contribution in [2.75, 3.05) is 0 Å². The second kappa shape index (κ2) is 4.69. The molecule has 0 amide bonds. The highest BCUT2D eigenvalue weighted by molar-refractivity contribution is 6.30. The number of imidazole rings is 1. The third-order valence-electron chi connectivity index (χ3n) is 2.76. The third-order valence-corrected chi connectivity index (χ3v) is 3.01. The summed E-state index contributed by atoms with van der Waals surface area (Å²) in [5.41, 5.74) is 3.13. The maximum Gasteiger partial charge on any atom is 0.240 e. The van der Waals surface area contributed by atoms with Crippen molar-refractivity contribution in [3.8, 4) is 11.4 Å². The standard InChI is InChI=1S/C14H8ClN3O/c15-10-3-1-9(2-4-10)14-17-12-6-5-11(16-8-19)7-13(12)18-14/h1-7H,(H,17,18). The Labute approximate surface area is 113 Å². The van der Waals surface area contributed by atoms with Crippen LogP contribution in [0.5, 0.6) is 0 Å². The number of nitrogens with zero attached hydrogens (tertiary/aromatic N) is 2. The molecule has 0 unspecified atom stereocenters. The molecule has 1 aromatic heterocycles. The van der Waals surface area contributed by atoms with Gasteiger partial charge in [-0.3, -0.25) is 0 Å². The molecule has 0 spiro atoms. The Kier molecular flexibility index (Phi) is 2.88. The Morgan fingerprint density at radius 3 is 2.68 bits per heavy atom. The zero-order chi connectivity index (χ0) is 13.2. The molecule has 0 bridgehead atoms. The number of benzene rings is 2. The molecule has 0 atom stereocenters. The van der Waals surface area contributed by atoms with Gasteiger partial charge in [0.05, 0.1) is 16.7 Å². The number of hydrogen-bond donors (Lipinski definition) is 1. The van der Waals surface area contributed by atoms with Gasteiger partial charge in [-0.1, -0.05) is 11.6 Å². The molecule has 5 heteroatoms. The fourth-order valence-corrected chi connectivity index (χ4v) is 1.99. The van der Waals surface area contributed by atoms with Gasteiger partial charge in [0.15, 0.2) is 0 Å². The molecule has 0 saturated heterocycles. The maximum absolute atomic E-state index is 10.2. The largest absolute Gasteiger partial charge is 0.338 e. The molecule has 1 heterocycles. The second-order valence-corrected chi connectivity index (χ2v) is 4.43. The molecule has 0 aliphatic rings. The normalized spacial score (nSPS) is 10.4. The number of rotatable bonds is 2. The summed E-state index contributed by atoms with van der Waals surface area (Å²) in [5.74, 6) is 0.749. The number of isocyanates is 1. The first-order valence-electron chi connectivity index (χ1n) is 5.60. The molecule has 3 aromatic rings. The van der Waals surface area contributed by atoms with E-state index in [1.54, 1.807) is 18.2 Å². The summed E-state index contributed by atoms with van der Waals surface area (Å²) in [6, 6.07) is 12.7. The van der Waals surface area contributed by atoms with E-state index in [9.17, 15) is 4.79 Å². The Morgan fingerprint density at radius 2 is 1.95 bits per heavy atom. The Bertz CT molecular complexity index is 786. The van der Waals surface area contributed by atoms with E-state index < -0.39 is 0 Å². The first kappa shape index (κ1) is 11.7. The number of halogens is 1. The summed E-state index contributed by atoms with van der Waals surface area (Å²) in [5, 5.41) is 0.683. The molecular weight excluding hydrogens is 262 g/mol. The van der Waals surface area contributed by atoms with E-state index >= 15 is 0 Å². The molecule has 3 rings (SSSR count). The van der Waals surface area contributed by atoms with E-state index in [1.807, 2.05) is 24.3 Å². The van der Waals surface area contributed by atoms with E-state index in [1.165, 1.54) is 6.08 Å². The average Bonchev–Trinajstić information content (AvgIpc) is 2.83. The minimum Gasteiger partial charge on any atom is -0.338 e. The van der Waals surface area contributed by atoms with Crippen LogP contribution in [0.15, 0.2) is 47.5 Å². The van der Waals surface area contributed by atoms with Gasteiger partial charge >= 0.3 is 0 Å². The molecular formula is C14H8ClN3O. The van der Waals surface area contributed by atoms with Gasteiger partial charge in [0, 0.05) is 10.6 Å². The summed E-state index contributed by atoms with van der Waals surface area (Å²) >= 11 is 5.85. The Balaban J connectivity index is 2.10. The van der Waals surface area contributed by atoms with Crippen molar-refractivity contribution in [3.05, 3.63) is 47.5 Å². The molecule has 2 aromatic carbocycles. The van der Waals surface area contributed by atoms with Crippen molar-refractivity contribution < 1.29 is 4.79 Å². The third kappa shape index (κ3) is 2.27. The van der Waals surface area contributed by atoms with Crippen molar-refractivity contribution in [2.45, 2.75) is 0 Å². The topological polar surface area (TPSA) is 58.1 Å². The Morgan fingerprint density at radius 1 is 1.16 bits per heavy atom. The minimum absolute atomic E-state index is 0.550. The zero-order valence-electron chi connectivity index (χ0n) is 9.72. The highest BCUT2D eigenvalue weighted by Gasteiger charge is 2.05. The summed E-state index contributed by atoms with van der Waals surface area (Å²) in [4.78, 5) is 21.5. The smallest absolute Gasteiger partial charge is 0.240 e. The van der Waals surface area contributed by atoms with Gasteiger partial charge in [0.2, 0.25) is 6.08 Å². The van der Waals surface area contributed by atoms with Crippen molar-refractivity contribution in [1.82, 2.24) is 9.97 Å². The van der Waals surface area contributed by atoms with Gasteiger partial charge in [0.1, 0.15) is 5.82 Å². The molecule has 19 heavy (non-hydrogen) atoms. The van der Waals surface area contributed by atoms with Crippen LogP contribution in [0.4, 0.5) is 5.69 Å². The average molecular weight is 270 g/mol. The summed E-state index contributed by atoms with van der Waals surface area (Å²) < 4.78 is 0.